The van der Waals surface area contributed by atoms with Crippen LogP contribution in [0, 0.1) is 11.2 Å². The Labute approximate surface area is 145 Å². The third kappa shape index (κ3) is 2.88. The molecular formula is C19H18FN3O2. The van der Waals surface area contributed by atoms with E-state index in [4.69, 9.17) is 0 Å². The van der Waals surface area contributed by atoms with E-state index in [1.54, 1.807) is 46.5 Å². The molecule has 3 heterocycles. The van der Waals surface area contributed by atoms with Crippen LogP contribution in [0.15, 0.2) is 48.8 Å². The molecule has 0 saturated carbocycles. The zero-order valence-electron chi connectivity index (χ0n) is 13.7. The number of carbonyl (C=O) groups is 2. The molecule has 128 valence electrons. The molecule has 1 aromatic carbocycles. The average Bonchev–Trinajstić information content (AvgIpc) is 3.18. The number of benzene rings is 1. The second-order valence-electron chi connectivity index (χ2n) is 6.85. The summed E-state index contributed by atoms with van der Waals surface area (Å²) < 4.78 is 13.5. The van der Waals surface area contributed by atoms with Crippen LogP contribution in [-0.2, 0) is 4.79 Å². The van der Waals surface area contributed by atoms with E-state index in [0.29, 0.717) is 37.3 Å². The monoisotopic (exact) mass is 339 g/mol. The number of rotatable bonds is 2. The third-order valence-corrected chi connectivity index (χ3v) is 5.09. The van der Waals surface area contributed by atoms with Crippen molar-refractivity contribution >= 4 is 17.5 Å². The lowest BCUT2D eigenvalue weighted by molar-refractivity contribution is -0.117. The van der Waals surface area contributed by atoms with Crippen LogP contribution in [0.25, 0.3) is 0 Å². The molecular weight excluding hydrogens is 321 g/mol. The summed E-state index contributed by atoms with van der Waals surface area (Å²) in [6.07, 6.45) is 4.37. The van der Waals surface area contributed by atoms with Gasteiger partial charge in [0, 0.05) is 55.1 Å². The lowest BCUT2D eigenvalue weighted by Gasteiger charge is -2.24. The van der Waals surface area contributed by atoms with E-state index in [1.807, 2.05) is 0 Å². The normalized spacial score (nSPS) is 22.8. The fourth-order valence-electron chi connectivity index (χ4n) is 3.83. The predicted molar refractivity (Wildman–Crippen MR) is 90.6 cm³/mol. The fourth-order valence-corrected chi connectivity index (χ4v) is 3.83. The minimum Gasteiger partial charge on any atom is -0.338 e. The van der Waals surface area contributed by atoms with Crippen molar-refractivity contribution in [1.82, 2.24) is 9.88 Å². The first-order chi connectivity index (χ1) is 12.1. The van der Waals surface area contributed by atoms with Gasteiger partial charge in [0.15, 0.2) is 0 Å². The number of pyridine rings is 1. The van der Waals surface area contributed by atoms with Crippen molar-refractivity contribution < 1.29 is 14.0 Å². The van der Waals surface area contributed by atoms with Crippen LogP contribution in [0.3, 0.4) is 0 Å². The molecule has 2 amide bonds. The van der Waals surface area contributed by atoms with E-state index in [1.165, 1.54) is 12.1 Å². The Bertz CT molecular complexity index is 826. The van der Waals surface area contributed by atoms with Gasteiger partial charge in [-0.3, -0.25) is 14.6 Å². The highest BCUT2D eigenvalue weighted by Gasteiger charge is 2.48. The molecule has 1 aromatic heterocycles. The Morgan fingerprint density at radius 1 is 1.16 bits per heavy atom. The van der Waals surface area contributed by atoms with Crippen molar-refractivity contribution in [1.29, 1.82) is 0 Å². The molecule has 0 bridgehead atoms. The Morgan fingerprint density at radius 2 is 1.96 bits per heavy atom. The molecule has 4 rings (SSSR count). The number of amides is 2. The zero-order valence-corrected chi connectivity index (χ0v) is 13.7. The first-order valence-electron chi connectivity index (χ1n) is 8.32. The van der Waals surface area contributed by atoms with Gasteiger partial charge in [-0.25, -0.2) is 4.39 Å². The maximum Gasteiger partial charge on any atom is 0.253 e. The summed E-state index contributed by atoms with van der Waals surface area (Å²) in [6, 6.07) is 9.50. The standard InChI is InChI=1S/C19H18FN3O2/c20-15-2-1-3-16(10-15)23-13-19(11-17(23)24)6-9-22(12-19)18(25)14-4-7-21-8-5-14/h1-5,7-8,10H,6,9,11-13H2/t19-/m0/s1. The van der Waals surface area contributed by atoms with Crippen LogP contribution in [0.5, 0.6) is 0 Å². The van der Waals surface area contributed by atoms with Gasteiger partial charge < -0.3 is 9.80 Å². The van der Waals surface area contributed by atoms with E-state index in [0.717, 1.165) is 6.42 Å². The smallest absolute Gasteiger partial charge is 0.253 e. The quantitative estimate of drug-likeness (QED) is 0.845. The first-order valence-corrected chi connectivity index (χ1v) is 8.32. The van der Waals surface area contributed by atoms with Gasteiger partial charge in [-0.2, -0.15) is 0 Å². The van der Waals surface area contributed by atoms with Gasteiger partial charge in [-0.1, -0.05) is 6.07 Å². The molecule has 1 spiro atoms. The van der Waals surface area contributed by atoms with Gasteiger partial charge in [-0.05, 0) is 36.8 Å². The Hall–Kier alpha value is -2.76. The molecule has 0 aliphatic carbocycles. The van der Waals surface area contributed by atoms with Crippen molar-refractivity contribution in [3.8, 4) is 0 Å². The molecule has 6 heteroatoms. The molecule has 25 heavy (non-hydrogen) atoms. The van der Waals surface area contributed by atoms with E-state index in [9.17, 15) is 14.0 Å². The van der Waals surface area contributed by atoms with Crippen molar-refractivity contribution in [2.75, 3.05) is 24.5 Å². The summed E-state index contributed by atoms with van der Waals surface area (Å²) in [5.74, 6) is -0.396. The molecule has 1 atom stereocenters. The van der Waals surface area contributed by atoms with Crippen molar-refractivity contribution in [3.63, 3.8) is 0 Å². The van der Waals surface area contributed by atoms with Gasteiger partial charge in [0.2, 0.25) is 5.91 Å². The number of likely N-dealkylation sites (tertiary alicyclic amines) is 1. The maximum atomic E-state index is 13.5. The number of anilines is 1. The van der Waals surface area contributed by atoms with Crippen LogP contribution in [0.4, 0.5) is 10.1 Å². The Kier molecular flexibility index (Phi) is 3.75. The number of hydrogen-bond acceptors (Lipinski definition) is 3. The second-order valence-corrected chi connectivity index (χ2v) is 6.85. The summed E-state index contributed by atoms with van der Waals surface area (Å²) in [5, 5.41) is 0. The molecule has 0 unspecified atom stereocenters. The highest BCUT2D eigenvalue weighted by Crippen LogP contribution is 2.42. The molecule has 0 radical (unpaired) electrons. The number of hydrogen-bond donors (Lipinski definition) is 0. The number of halogens is 1. The number of aromatic nitrogens is 1. The molecule has 2 fully saturated rings. The molecule has 2 aromatic rings. The average molecular weight is 339 g/mol. The highest BCUT2D eigenvalue weighted by molar-refractivity contribution is 5.97. The van der Waals surface area contributed by atoms with Gasteiger partial charge in [0.05, 0.1) is 0 Å². The summed E-state index contributed by atoms with van der Waals surface area (Å²) in [5.41, 5.74) is 0.950. The van der Waals surface area contributed by atoms with E-state index >= 15 is 0 Å². The SMILES string of the molecule is O=C(c1ccncc1)N1CC[C@]2(CC(=O)N(c3cccc(F)c3)C2)C1. The first kappa shape index (κ1) is 15.7. The van der Waals surface area contributed by atoms with Crippen LogP contribution >= 0.6 is 0 Å². The minimum absolute atomic E-state index is 0.0104. The molecule has 5 nitrogen and oxygen atoms in total. The second kappa shape index (κ2) is 5.95. The molecule has 0 N–H and O–H groups in total. The van der Waals surface area contributed by atoms with Crippen LogP contribution < -0.4 is 4.90 Å². The van der Waals surface area contributed by atoms with E-state index in [2.05, 4.69) is 4.98 Å². The summed E-state index contributed by atoms with van der Waals surface area (Å²) >= 11 is 0. The number of carbonyl (C=O) groups excluding carboxylic acids is 2. The van der Waals surface area contributed by atoms with Gasteiger partial charge in [-0.15, -0.1) is 0 Å². The summed E-state index contributed by atoms with van der Waals surface area (Å²) in [6.45, 7) is 1.70. The number of nitrogens with zero attached hydrogens (tertiary/aromatic N) is 3. The Balaban J connectivity index is 1.51. The summed E-state index contributed by atoms with van der Waals surface area (Å²) in [7, 11) is 0. The summed E-state index contributed by atoms with van der Waals surface area (Å²) in [4.78, 5) is 32.5. The zero-order chi connectivity index (χ0) is 17.4. The lowest BCUT2D eigenvalue weighted by Crippen LogP contribution is -2.34. The largest absolute Gasteiger partial charge is 0.338 e. The van der Waals surface area contributed by atoms with E-state index in [-0.39, 0.29) is 23.0 Å². The topological polar surface area (TPSA) is 53.5 Å². The predicted octanol–water partition coefficient (Wildman–Crippen LogP) is 2.49. The van der Waals surface area contributed by atoms with Crippen molar-refractivity contribution in [2.24, 2.45) is 5.41 Å². The van der Waals surface area contributed by atoms with Crippen LogP contribution in [0.2, 0.25) is 0 Å². The molecule has 2 saturated heterocycles. The molecule has 2 aliphatic rings. The fraction of sp³-hybridized carbons (Fsp3) is 0.316. The minimum atomic E-state index is -0.354. The van der Waals surface area contributed by atoms with Crippen LogP contribution in [0.1, 0.15) is 23.2 Å². The lowest BCUT2D eigenvalue weighted by atomic mass is 9.86. The van der Waals surface area contributed by atoms with Gasteiger partial charge in [0.1, 0.15) is 5.82 Å². The maximum absolute atomic E-state index is 13.5. The van der Waals surface area contributed by atoms with Crippen molar-refractivity contribution in [2.45, 2.75) is 12.8 Å². The highest BCUT2D eigenvalue weighted by atomic mass is 19.1. The van der Waals surface area contributed by atoms with Crippen LogP contribution in [-0.4, -0.2) is 41.3 Å². The van der Waals surface area contributed by atoms with Gasteiger partial charge in [0.25, 0.3) is 5.91 Å². The van der Waals surface area contributed by atoms with Crippen molar-refractivity contribution in [3.05, 3.63) is 60.2 Å². The van der Waals surface area contributed by atoms with E-state index < -0.39 is 0 Å². The Morgan fingerprint density at radius 3 is 2.72 bits per heavy atom. The molecule has 2 aliphatic heterocycles. The third-order valence-electron chi connectivity index (χ3n) is 5.09. The van der Waals surface area contributed by atoms with Gasteiger partial charge >= 0.3 is 0 Å².